The van der Waals surface area contributed by atoms with Gasteiger partial charge in [0.15, 0.2) is 4.33 Å². The summed E-state index contributed by atoms with van der Waals surface area (Å²) >= 11 is 37.9. The van der Waals surface area contributed by atoms with Crippen molar-refractivity contribution in [2.45, 2.75) is 20.2 Å². The first-order valence-electron chi connectivity index (χ1n) is 4.89. The maximum absolute atomic E-state index is 9.97. The van der Waals surface area contributed by atoms with Crippen LogP contribution >= 0.6 is 69.6 Å². The highest BCUT2D eigenvalue weighted by Crippen LogP contribution is 2.77. The fourth-order valence-corrected chi connectivity index (χ4v) is 6.13. The maximum Gasteiger partial charge on any atom is 0.167 e. The molecule has 0 aromatic rings. The lowest BCUT2D eigenvalue weighted by atomic mass is 9.83. The van der Waals surface area contributed by atoms with Gasteiger partial charge in [-0.2, -0.15) is 0 Å². The van der Waals surface area contributed by atoms with Gasteiger partial charge in [0.25, 0.3) is 0 Å². The van der Waals surface area contributed by atoms with E-state index >= 15 is 0 Å². The van der Waals surface area contributed by atoms with Gasteiger partial charge in [0, 0.05) is 11.8 Å². The van der Waals surface area contributed by atoms with Gasteiger partial charge in [-0.05, 0) is 0 Å². The van der Waals surface area contributed by atoms with Crippen molar-refractivity contribution in [2.24, 2.45) is 11.8 Å². The quantitative estimate of drug-likeness (QED) is 0.515. The largest absolute Gasteiger partial charge is 0.389 e. The molecule has 2 bridgehead atoms. The predicted octanol–water partition coefficient (Wildman–Crippen LogP) is 4.00. The van der Waals surface area contributed by atoms with Gasteiger partial charge in [-0.15, -0.1) is 23.2 Å². The summed E-state index contributed by atoms with van der Waals surface area (Å²) in [6, 6.07) is 0. The predicted molar refractivity (Wildman–Crippen MR) is 72.5 cm³/mol. The first-order chi connectivity index (χ1) is 7.70. The van der Waals surface area contributed by atoms with Gasteiger partial charge in [0.2, 0.25) is 0 Å². The average molecular weight is 355 g/mol. The molecule has 0 aliphatic heterocycles. The second kappa shape index (κ2) is 3.44. The van der Waals surface area contributed by atoms with E-state index in [2.05, 4.69) is 0 Å². The number of allylic oxidation sites excluding steroid dienone is 3. The monoisotopic (exact) mass is 352 g/mol. The summed E-state index contributed by atoms with van der Waals surface area (Å²) < 4.78 is -1.56. The molecule has 0 aromatic carbocycles. The van der Waals surface area contributed by atoms with Crippen molar-refractivity contribution in [3.8, 4) is 0 Å². The number of hydrogen-bond donors (Lipinski definition) is 1. The molecule has 94 valence electrons. The molecule has 0 aromatic heterocycles. The lowest BCUT2D eigenvalue weighted by Crippen LogP contribution is -2.46. The standard InChI is InChI=1S/C10H6Cl6O/c11-6-7(12)9(14)5-3(1-2-4(5)17)8(6,13)10(9,15)16/h1-5,17H/t3-,4-,5?,8-,9+/m0/s1. The smallest absolute Gasteiger partial charge is 0.167 e. The zero-order valence-corrected chi connectivity index (χ0v) is 12.6. The molecule has 3 aliphatic rings. The van der Waals surface area contributed by atoms with Crippen LogP contribution < -0.4 is 0 Å². The molecule has 1 nitrogen and oxygen atoms in total. The SMILES string of the molecule is O[C@H]1C=C[C@H]2C1[C@@]1(Cl)C(Cl)=C(Cl)[C@]2(Cl)C1(Cl)Cl. The Balaban J connectivity index is 2.32. The average Bonchev–Trinajstić information content (AvgIpc) is 2.73. The number of aliphatic hydroxyl groups is 1. The Morgan fingerprint density at radius 3 is 2.06 bits per heavy atom. The van der Waals surface area contributed by atoms with Gasteiger partial charge in [0.1, 0.15) is 9.75 Å². The van der Waals surface area contributed by atoms with E-state index in [4.69, 9.17) is 69.6 Å². The number of hydrogen-bond acceptors (Lipinski definition) is 1. The van der Waals surface area contributed by atoms with Crippen molar-refractivity contribution in [2.75, 3.05) is 0 Å². The third-order valence-electron chi connectivity index (χ3n) is 3.93. The van der Waals surface area contributed by atoms with Crippen LogP contribution in [-0.2, 0) is 0 Å². The van der Waals surface area contributed by atoms with Crippen LogP contribution in [0.1, 0.15) is 0 Å². The highest BCUT2D eigenvalue weighted by molar-refractivity contribution is 6.65. The molecule has 5 atom stereocenters. The molecular weight excluding hydrogens is 349 g/mol. The number of halogens is 6. The summed E-state index contributed by atoms with van der Waals surface area (Å²) in [6.45, 7) is 0. The Labute approximate surface area is 128 Å². The molecule has 17 heavy (non-hydrogen) atoms. The summed E-state index contributed by atoms with van der Waals surface area (Å²) in [5.41, 5.74) is 0. The number of fused-ring (bicyclic) bond motifs is 5. The molecule has 0 heterocycles. The van der Waals surface area contributed by atoms with Gasteiger partial charge >= 0.3 is 0 Å². The highest BCUT2D eigenvalue weighted by atomic mass is 35.5. The number of alkyl halides is 4. The fraction of sp³-hybridized carbons (Fsp3) is 0.600. The van der Waals surface area contributed by atoms with Crippen LogP contribution in [0.5, 0.6) is 0 Å². The van der Waals surface area contributed by atoms with Crippen molar-refractivity contribution < 1.29 is 5.11 Å². The van der Waals surface area contributed by atoms with E-state index in [1.807, 2.05) is 0 Å². The van der Waals surface area contributed by atoms with Crippen LogP contribution in [0, 0.1) is 11.8 Å². The van der Waals surface area contributed by atoms with Crippen molar-refractivity contribution in [1.29, 1.82) is 0 Å². The molecule has 1 fully saturated rings. The summed E-state index contributed by atoms with van der Waals surface area (Å²) in [4.78, 5) is -2.64. The zero-order valence-electron chi connectivity index (χ0n) is 8.10. The van der Waals surface area contributed by atoms with Crippen LogP contribution in [0.25, 0.3) is 0 Å². The number of aliphatic hydroxyl groups excluding tert-OH is 1. The van der Waals surface area contributed by atoms with Crippen LogP contribution in [0.4, 0.5) is 0 Å². The van der Waals surface area contributed by atoms with Crippen LogP contribution in [0.15, 0.2) is 22.2 Å². The van der Waals surface area contributed by atoms with E-state index in [0.29, 0.717) is 0 Å². The third kappa shape index (κ3) is 1.09. The molecule has 0 saturated heterocycles. The molecule has 0 amide bonds. The Bertz CT molecular complexity index is 471. The van der Waals surface area contributed by atoms with Gasteiger partial charge in [-0.25, -0.2) is 0 Å². The summed E-state index contributed by atoms with van der Waals surface area (Å²) in [7, 11) is 0. The summed E-state index contributed by atoms with van der Waals surface area (Å²) in [6.07, 6.45) is 2.58. The highest BCUT2D eigenvalue weighted by Gasteiger charge is 2.83. The van der Waals surface area contributed by atoms with E-state index in [-0.39, 0.29) is 16.0 Å². The second-order valence-corrected chi connectivity index (χ2v) is 7.83. The molecule has 3 rings (SSSR count). The van der Waals surface area contributed by atoms with Gasteiger partial charge in [-0.3, -0.25) is 0 Å². The molecule has 7 heteroatoms. The minimum absolute atomic E-state index is 0.129. The molecular formula is C10H6Cl6O. The fourth-order valence-electron chi connectivity index (χ4n) is 3.12. The molecule has 3 aliphatic carbocycles. The minimum Gasteiger partial charge on any atom is -0.389 e. The van der Waals surface area contributed by atoms with Crippen LogP contribution in [0.3, 0.4) is 0 Å². The summed E-state index contributed by atoms with van der Waals surface area (Å²) in [5, 5.41) is 10.3. The van der Waals surface area contributed by atoms with Gasteiger partial charge in [-0.1, -0.05) is 58.6 Å². The Morgan fingerprint density at radius 2 is 1.47 bits per heavy atom. The van der Waals surface area contributed by atoms with E-state index in [1.165, 1.54) is 0 Å². The second-order valence-electron chi connectivity index (χ2n) is 4.55. The Kier molecular flexibility index (Phi) is 2.66. The topological polar surface area (TPSA) is 20.2 Å². The van der Waals surface area contributed by atoms with Crippen LogP contribution in [-0.4, -0.2) is 25.3 Å². The molecule has 0 spiro atoms. The molecule has 1 unspecified atom stereocenters. The van der Waals surface area contributed by atoms with Crippen molar-refractivity contribution in [3.63, 3.8) is 0 Å². The Morgan fingerprint density at radius 1 is 0.941 bits per heavy atom. The molecule has 1 saturated carbocycles. The third-order valence-corrected chi connectivity index (χ3v) is 8.23. The molecule has 0 radical (unpaired) electrons. The van der Waals surface area contributed by atoms with Gasteiger partial charge in [0.05, 0.1) is 16.2 Å². The minimum atomic E-state index is -1.56. The van der Waals surface area contributed by atoms with Crippen LogP contribution in [0.2, 0.25) is 0 Å². The van der Waals surface area contributed by atoms with E-state index in [0.717, 1.165) is 0 Å². The van der Waals surface area contributed by atoms with Crippen molar-refractivity contribution in [1.82, 2.24) is 0 Å². The zero-order chi connectivity index (χ0) is 12.8. The van der Waals surface area contributed by atoms with E-state index in [1.54, 1.807) is 12.2 Å². The van der Waals surface area contributed by atoms with Crippen molar-refractivity contribution >= 4 is 69.6 Å². The first kappa shape index (κ1) is 13.2. The first-order valence-corrected chi connectivity index (χ1v) is 7.15. The summed E-state index contributed by atoms with van der Waals surface area (Å²) in [5.74, 6) is -0.798. The Hall–Kier alpha value is 1.18. The van der Waals surface area contributed by atoms with Gasteiger partial charge < -0.3 is 5.11 Å². The van der Waals surface area contributed by atoms with E-state index < -0.39 is 26.1 Å². The maximum atomic E-state index is 9.97. The number of rotatable bonds is 0. The van der Waals surface area contributed by atoms with Crippen molar-refractivity contribution in [3.05, 3.63) is 22.2 Å². The lowest BCUT2D eigenvalue weighted by Gasteiger charge is -2.34. The van der Waals surface area contributed by atoms with E-state index in [9.17, 15) is 5.11 Å². The lowest BCUT2D eigenvalue weighted by molar-refractivity contribution is 0.138. The normalized spacial score (nSPS) is 54.6. The molecule has 1 N–H and O–H groups in total.